The third-order valence-electron chi connectivity index (χ3n) is 3.17. The summed E-state index contributed by atoms with van der Waals surface area (Å²) in [6.07, 6.45) is 3.46. The molecule has 1 aliphatic rings. The maximum atomic E-state index is 11.7. The average molecular weight is 244 g/mol. The lowest BCUT2D eigenvalue weighted by molar-refractivity contribution is -0.161. The smallest absolute Gasteiger partial charge is 0.254 e. The quantitative estimate of drug-likeness (QED) is 0.493. The number of nitrogens with one attached hydrogen (secondary N) is 1. The largest absolute Gasteiger partial charge is 0.380 e. The van der Waals surface area contributed by atoms with Gasteiger partial charge in [0.1, 0.15) is 0 Å². The van der Waals surface area contributed by atoms with Crippen molar-refractivity contribution in [3.63, 3.8) is 0 Å². The van der Waals surface area contributed by atoms with Crippen LogP contribution in [0.15, 0.2) is 0 Å². The molecule has 17 heavy (non-hydrogen) atoms. The van der Waals surface area contributed by atoms with E-state index >= 15 is 0 Å². The van der Waals surface area contributed by atoms with Crippen molar-refractivity contribution in [3.05, 3.63) is 0 Å². The van der Waals surface area contributed by atoms with Gasteiger partial charge in [-0.3, -0.25) is 9.63 Å². The molecule has 1 aliphatic carbocycles. The molecule has 0 aliphatic heterocycles. The Morgan fingerprint density at radius 1 is 1.41 bits per heavy atom. The number of carbonyl (C=O) groups is 1. The first-order valence-corrected chi connectivity index (χ1v) is 6.34. The average Bonchev–Trinajstić information content (AvgIpc) is 2.22. The van der Waals surface area contributed by atoms with Crippen molar-refractivity contribution in [2.75, 3.05) is 19.8 Å². The van der Waals surface area contributed by atoms with E-state index in [1.165, 1.54) is 0 Å². The zero-order chi connectivity index (χ0) is 12.7. The number of carbonyl (C=O) groups excluding carboxylic acids is 1. The van der Waals surface area contributed by atoms with Crippen LogP contribution in [0, 0.1) is 5.92 Å². The molecule has 0 aromatic rings. The van der Waals surface area contributed by atoms with E-state index in [9.17, 15) is 4.79 Å². The molecule has 0 heterocycles. The molecule has 1 amide bonds. The molecule has 0 saturated heterocycles. The Morgan fingerprint density at radius 2 is 2.12 bits per heavy atom. The number of hydrogen-bond donors (Lipinski definition) is 2. The highest BCUT2D eigenvalue weighted by Gasteiger charge is 2.45. The van der Waals surface area contributed by atoms with Gasteiger partial charge in [-0.05, 0) is 31.6 Å². The Kier molecular flexibility index (Phi) is 5.88. The van der Waals surface area contributed by atoms with E-state index in [2.05, 4.69) is 19.2 Å². The highest BCUT2D eigenvalue weighted by atomic mass is 16.6. The monoisotopic (exact) mass is 244 g/mol. The Hall–Kier alpha value is -0.650. The van der Waals surface area contributed by atoms with Crippen molar-refractivity contribution in [2.24, 2.45) is 11.8 Å². The molecule has 0 unspecified atom stereocenters. The topological polar surface area (TPSA) is 73.6 Å². The van der Waals surface area contributed by atoms with Gasteiger partial charge in [-0.2, -0.15) is 0 Å². The van der Waals surface area contributed by atoms with E-state index in [0.29, 0.717) is 31.9 Å². The number of nitrogens with two attached hydrogens (primary N) is 1. The molecule has 3 N–H and O–H groups in total. The first kappa shape index (κ1) is 14.4. The van der Waals surface area contributed by atoms with Crippen LogP contribution in [0.2, 0.25) is 0 Å². The van der Waals surface area contributed by atoms with Gasteiger partial charge in [0, 0.05) is 13.2 Å². The van der Waals surface area contributed by atoms with Gasteiger partial charge in [0.05, 0.1) is 6.61 Å². The number of rotatable bonds is 8. The lowest BCUT2D eigenvalue weighted by Crippen LogP contribution is -2.55. The van der Waals surface area contributed by atoms with Gasteiger partial charge in [-0.1, -0.05) is 13.8 Å². The molecule has 1 saturated carbocycles. The summed E-state index contributed by atoms with van der Waals surface area (Å²) in [7, 11) is 0. The summed E-state index contributed by atoms with van der Waals surface area (Å²) in [5.41, 5.74) is -0.766. The fourth-order valence-corrected chi connectivity index (χ4v) is 1.72. The van der Waals surface area contributed by atoms with Crippen LogP contribution in [-0.4, -0.2) is 31.3 Å². The van der Waals surface area contributed by atoms with E-state index < -0.39 is 5.60 Å². The van der Waals surface area contributed by atoms with Gasteiger partial charge in [0.15, 0.2) is 5.60 Å². The van der Waals surface area contributed by atoms with Gasteiger partial charge >= 0.3 is 0 Å². The van der Waals surface area contributed by atoms with Crippen LogP contribution >= 0.6 is 0 Å². The van der Waals surface area contributed by atoms with Crippen molar-refractivity contribution < 1.29 is 14.4 Å². The highest BCUT2D eigenvalue weighted by molar-refractivity contribution is 5.86. The number of amides is 1. The molecular formula is C12H24N2O3. The minimum absolute atomic E-state index is 0.112. The predicted octanol–water partition coefficient (Wildman–Crippen LogP) is 0.978. The van der Waals surface area contributed by atoms with Crippen LogP contribution in [-0.2, 0) is 14.4 Å². The van der Waals surface area contributed by atoms with Crippen LogP contribution in [0.1, 0.15) is 39.5 Å². The molecule has 1 rings (SSSR count). The highest BCUT2D eigenvalue weighted by Crippen LogP contribution is 2.34. The van der Waals surface area contributed by atoms with Crippen LogP contribution in [0.25, 0.3) is 0 Å². The van der Waals surface area contributed by atoms with E-state index in [0.717, 1.165) is 19.4 Å². The van der Waals surface area contributed by atoms with E-state index in [1.54, 1.807) is 0 Å². The minimum Gasteiger partial charge on any atom is -0.380 e. The van der Waals surface area contributed by atoms with Crippen LogP contribution in [0.3, 0.4) is 0 Å². The van der Waals surface area contributed by atoms with Crippen molar-refractivity contribution in [2.45, 2.75) is 45.1 Å². The number of ether oxygens (including phenoxy) is 1. The maximum Gasteiger partial charge on any atom is 0.254 e. The molecule has 5 nitrogen and oxygen atoms in total. The summed E-state index contributed by atoms with van der Waals surface area (Å²) in [5, 5.41) is 2.80. The molecular weight excluding hydrogens is 220 g/mol. The second-order valence-electron chi connectivity index (χ2n) is 5.02. The first-order valence-electron chi connectivity index (χ1n) is 6.34. The Labute approximate surface area is 103 Å². The molecule has 0 atom stereocenters. The SMILES string of the molecule is CC(C)CCOCCNC(=O)C1(ON)CCC1. The van der Waals surface area contributed by atoms with Crippen molar-refractivity contribution >= 4 is 5.91 Å². The molecule has 5 heteroatoms. The third kappa shape index (κ3) is 4.26. The van der Waals surface area contributed by atoms with Crippen molar-refractivity contribution in [3.8, 4) is 0 Å². The lowest BCUT2D eigenvalue weighted by Gasteiger charge is -2.37. The van der Waals surface area contributed by atoms with Crippen LogP contribution < -0.4 is 11.2 Å². The van der Waals surface area contributed by atoms with E-state index in [4.69, 9.17) is 15.5 Å². The Balaban J connectivity index is 2.04. The van der Waals surface area contributed by atoms with E-state index in [-0.39, 0.29) is 5.91 Å². The van der Waals surface area contributed by atoms with Crippen molar-refractivity contribution in [1.29, 1.82) is 0 Å². The molecule has 0 aromatic carbocycles. The second-order valence-corrected chi connectivity index (χ2v) is 5.02. The molecule has 0 spiro atoms. The maximum absolute atomic E-state index is 11.7. The lowest BCUT2D eigenvalue weighted by atomic mass is 9.79. The number of hydrogen-bond acceptors (Lipinski definition) is 4. The third-order valence-corrected chi connectivity index (χ3v) is 3.17. The molecule has 0 radical (unpaired) electrons. The summed E-state index contributed by atoms with van der Waals surface area (Å²) < 4.78 is 5.41. The molecule has 0 bridgehead atoms. The standard InChI is InChI=1S/C12H24N2O3/c1-10(2)4-8-16-9-7-14-11(15)12(17-13)5-3-6-12/h10H,3-9,13H2,1-2H3,(H,14,15). The van der Waals surface area contributed by atoms with Crippen LogP contribution in [0.4, 0.5) is 0 Å². The summed E-state index contributed by atoms with van der Waals surface area (Å²) in [4.78, 5) is 16.5. The van der Waals surface area contributed by atoms with Crippen LogP contribution in [0.5, 0.6) is 0 Å². The molecule has 100 valence electrons. The predicted molar refractivity (Wildman–Crippen MR) is 65.1 cm³/mol. The van der Waals surface area contributed by atoms with Crippen molar-refractivity contribution in [1.82, 2.24) is 5.32 Å². The summed E-state index contributed by atoms with van der Waals surface area (Å²) in [6, 6.07) is 0. The fraction of sp³-hybridized carbons (Fsp3) is 0.917. The first-order chi connectivity index (χ1) is 8.10. The summed E-state index contributed by atoms with van der Waals surface area (Å²) in [6.45, 7) is 6.11. The van der Waals surface area contributed by atoms with Gasteiger partial charge in [0.2, 0.25) is 0 Å². The minimum atomic E-state index is -0.766. The summed E-state index contributed by atoms with van der Waals surface area (Å²) in [5.74, 6) is 5.70. The molecule has 1 fully saturated rings. The van der Waals surface area contributed by atoms with Gasteiger partial charge in [-0.15, -0.1) is 0 Å². The Bertz CT molecular complexity index is 234. The second kappa shape index (κ2) is 6.93. The van der Waals surface area contributed by atoms with Gasteiger partial charge < -0.3 is 10.1 Å². The Morgan fingerprint density at radius 3 is 2.59 bits per heavy atom. The van der Waals surface area contributed by atoms with E-state index in [1.807, 2.05) is 0 Å². The molecule has 0 aromatic heterocycles. The van der Waals surface area contributed by atoms with Gasteiger partial charge in [0.25, 0.3) is 5.91 Å². The normalized spacial score (nSPS) is 17.9. The zero-order valence-electron chi connectivity index (χ0n) is 10.8. The zero-order valence-corrected chi connectivity index (χ0v) is 10.8. The summed E-state index contributed by atoms with van der Waals surface area (Å²) >= 11 is 0. The fourth-order valence-electron chi connectivity index (χ4n) is 1.72. The van der Waals surface area contributed by atoms with Gasteiger partial charge in [-0.25, -0.2) is 5.90 Å².